The third kappa shape index (κ3) is 7.28. The molecule has 32 heavy (non-hydrogen) atoms. The lowest BCUT2D eigenvalue weighted by Gasteiger charge is -2.24. The molecule has 1 N–H and O–H groups in total. The minimum atomic E-state index is -0.313. The fourth-order valence-electron chi connectivity index (χ4n) is 3.25. The van der Waals surface area contributed by atoms with Gasteiger partial charge in [-0.15, -0.1) is 11.3 Å². The van der Waals surface area contributed by atoms with E-state index in [1.165, 1.54) is 23.5 Å². The SMILES string of the molecule is CN(C)CCNC(=O)Cc1cccc(N(Cc2ccc(F)cc2)C(=O)Cc2cccs2)c1. The van der Waals surface area contributed by atoms with Crippen LogP contribution >= 0.6 is 11.3 Å². The van der Waals surface area contributed by atoms with Crippen molar-refractivity contribution >= 4 is 28.8 Å². The van der Waals surface area contributed by atoms with Gasteiger partial charge in [0.25, 0.3) is 0 Å². The highest BCUT2D eigenvalue weighted by molar-refractivity contribution is 7.10. The van der Waals surface area contributed by atoms with Crippen molar-refractivity contribution in [3.05, 3.63) is 87.9 Å². The Kier molecular flexibility index (Phi) is 8.53. The third-order valence-corrected chi connectivity index (χ3v) is 5.81. The largest absolute Gasteiger partial charge is 0.355 e. The molecule has 0 fully saturated rings. The fraction of sp³-hybridized carbons (Fsp3) is 0.280. The summed E-state index contributed by atoms with van der Waals surface area (Å²) in [5, 5.41) is 4.86. The molecule has 0 saturated carbocycles. The molecule has 3 aromatic rings. The molecule has 2 aromatic carbocycles. The minimum absolute atomic E-state index is 0.0515. The topological polar surface area (TPSA) is 52.7 Å². The molecule has 0 bridgehead atoms. The van der Waals surface area contributed by atoms with Gasteiger partial charge in [-0.3, -0.25) is 9.59 Å². The molecular formula is C25H28FN3O2S. The maximum absolute atomic E-state index is 13.3. The Morgan fingerprint density at radius 2 is 1.75 bits per heavy atom. The first kappa shape index (κ1) is 23.6. The number of carbonyl (C=O) groups is 2. The van der Waals surface area contributed by atoms with Crippen LogP contribution in [0, 0.1) is 5.82 Å². The Morgan fingerprint density at radius 1 is 0.969 bits per heavy atom. The van der Waals surface area contributed by atoms with Crippen molar-refractivity contribution in [3.63, 3.8) is 0 Å². The van der Waals surface area contributed by atoms with Gasteiger partial charge in [-0.25, -0.2) is 4.39 Å². The highest BCUT2D eigenvalue weighted by atomic mass is 32.1. The van der Waals surface area contributed by atoms with E-state index in [1.54, 1.807) is 17.0 Å². The molecule has 7 heteroatoms. The number of thiophene rings is 1. The third-order valence-electron chi connectivity index (χ3n) is 4.93. The standard InChI is InChI=1S/C25H28FN3O2S/c1-28(2)13-12-27-24(30)16-20-5-3-6-22(15-20)29(18-19-8-10-21(26)11-9-19)25(31)17-23-7-4-14-32-23/h3-11,14-15H,12-13,16-18H2,1-2H3,(H,27,30). The van der Waals surface area contributed by atoms with Gasteiger partial charge in [0.2, 0.25) is 11.8 Å². The summed E-state index contributed by atoms with van der Waals surface area (Å²) in [6.07, 6.45) is 0.527. The Hall–Kier alpha value is -3.03. The van der Waals surface area contributed by atoms with E-state index in [-0.39, 0.29) is 30.5 Å². The lowest BCUT2D eigenvalue weighted by Crippen LogP contribution is -2.33. The zero-order valence-electron chi connectivity index (χ0n) is 18.4. The number of likely N-dealkylation sites (N-methyl/N-ethyl adjacent to an activating group) is 1. The predicted octanol–water partition coefficient (Wildman–Crippen LogP) is 3.88. The van der Waals surface area contributed by atoms with E-state index in [0.29, 0.717) is 13.1 Å². The molecule has 2 amide bonds. The number of hydrogen-bond donors (Lipinski definition) is 1. The van der Waals surface area contributed by atoms with E-state index in [4.69, 9.17) is 0 Å². The molecule has 0 aliphatic rings. The normalized spacial score (nSPS) is 10.9. The molecule has 168 valence electrons. The second-order valence-corrected chi connectivity index (χ2v) is 8.89. The summed E-state index contributed by atoms with van der Waals surface area (Å²) in [6.45, 7) is 1.68. The van der Waals surface area contributed by atoms with Crippen LogP contribution in [-0.2, 0) is 29.0 Å². The number of nitrogens with zero attached hydrogens (tertiary/aromatic N) is 2. The average Bonchev–Trinajstić information content (AvgIpc) is 3.26. The Balaban J connectivity index is 1.77. The van der Waals surface area contributed by atoms with Crippen molar-refractivity contribution in [2.45, 2.75) is 19.4 Å². The maximum atomic E-state index is 13.3. The number of nitrogens with one attached hydrogen (secondary N) is 1. The van der Waals surface area contributed by atoms with Gasteiger partial charge in [0, 0.05) is 23.7 Å². The van der Waals surface area contributed by atoms with Crippen molar-refractivity contribution in [3.8, 4) is 0 Å². The monoisotopic (exact) mass is 453 g/mol. The van der Waals surface area contributed by atoms with Gasteiger partial charge < -0.3 is 15.1 Å². The van der Waals surface area contributed by atoms with E-state index < -0.39 is 0 Å². The van der Waals surface area contributed by atoms with Crippen LogP contribution in [0.15, 0.2) is 66.0 Å². The molecule has 0 unspecified atom stereocenters. The van der Waals surface area contributed by atoms with Crippen LogP contribution in [0.25, 0.3) is 0 Å². The van der Waals surface area contributed by atoms with Crippen LogP contribution in [-0.4, -0.2) is 43.9 Å². The number of halogens is 1. The van der Waals surface area contributed by atoms with Gasteiger partial charge in [-0.2, -0.15) is 0 Å². The summed E-state index contributed by atoms with van der Waals surface area (Å²) in [7, 11) is 3.91. The molecule has 0 spiro atoms. The smallest absolute Gasteiger partial charge is 0.232 e. The van der Waals surface area contributed by atoms with Gasteiger partial charge in [-0.05, 0) is 60.9 Å². The van der Waals surface area contributed by atoms with Crippen LogP contribution in [0.2, 0.25) is 0 Å². The molecule has 0 aliphatic heterocycles. The highest BCUT2D eigenvalue weighted by Crippen LogP contribution is 2.22. The van der Waals surface area contributed by atoms with Gasteiger partial charge in [0.05, 0.1) is 19.4 Å². The van der Waals surface area contributed by atoms with Crippen LogP contribution in [0.1, 0.15) is 16.0 Å². The molecular weight excluding hydrogens is 425 g/mol. The Labute approximate surface area is 192 Å². The lowest BCUT2D eigenvalue weighted by molar-refractivity contribution is -0.120. The zero-order valence-corrected chi connectivity index (χ0v) is 19.2. The van der Waals surface area contributed by atoms with E-state index in [9.17, 15) is 14.0 Å². The molecule has 5 nitrogen and oxygen atoms in total. The quantitative estimate of drug-likeness (QED) is 0.507. The van der Waals surface area contributed by atoms with Gasteiger partial charge >= 0.3 is 0 Å². The summed E-state index contributed by atoms with van der Waals surface area (Å²) < 4.78 is 13.3. The number of rotatable bonds is 10. The van der Waals surface area contributed by atoms with Crippen LogP contribution in [0.3, 0.4) is 0 Å². The molecule has 3 rings (SSSR count). The number of hydrogen-bond acceptors (Lipinski definition) is 4. The summed E-state index contributed by atoms with van der Waals surface area (Å²) in [5.41, 5.74) is 2.38. The molecule has 0 radical (unpaired) electrons. The number of carbonyl (C=O) groups excluding carboxylic acids is 2. The number of amides is 2. The van der Waals surface area contributed by atoms with Crippen LogP contribution in [0.5, 0.6) is 0 Å². The second-order valence-electron chi connectivity index (χ2n) is 7.86. The average molecular weight is 454 g/mol. The van der Waals surface area contributed by atoms with E-state index in [2.05, 4.69) is 5.32 Å². The Bertz CT molecular complexity index is 1020. The van der Waals surface area contributed by atoms with Crippen molar-refractivity contribution in [1.29, 1.82) is 0 Å². The summed E-state index contributed by atoms with van der Waals surface area (Å²) in [5.74, 6) is -0.421. The zero-order chi connectivity index (χ0) is 22.9. The molecule has 1 heterocycles. The second kappa shape index (κ2) is 11.5. The number of anilines is 1. The van der Waals surface area contributed by atoms with Crippen LogP contribution < -0.4 is 10.2 Å². The van der Waals surface area contributed by atoms with Gasteiger partial charge in [0.1, 0.15) is 5.82 Å². The number of benzene rings is 2. The summed E-state index contributed by atoms with van der Waals surface area (Å²) in [6, 6.07) is 17.5. The fourth-order valence-corrected chi connectivity index (χ4v) is 3.95. The lowest BCUT2D eigenvalue weighted by atomic mass is 10.1. The van der Waals surface area contributed by atoms with Crippen molar-refractivity contribution in [2.24, 2.45) is 0 Å². The summed E-state index contributed by atoms with van der Waals surface area (Å²) in [4.78, 5) is 30.2. The highest BCUT2D eigenvalue weighted by Gasteiger charge is 2.18. The minimum Gasteiger partial charge on any atom is -0.355 e. The van der Waals surface area contributed by atoms with E-state index in [1.807, 2.05) is 60.8 Å². The molecule has 1 aromatic heterocycles. The van der Waals surface area contributed by atoms with E-state index >= 15 is 0 Å². The van der Waals surface area contributed by atoms with Crippen LogP contribution in [0.4, 0.5) is 10.1 Å². The van der Waals surface area contributed by atoms with Crippen molar-refractivity contribution in [2.75, 3.05) is 32.1 Å². The first-order chi connectivity index (χ1) is 15.4. The van der Waals surface area contributed by atoms with Gasteiger partial charge in [-0.1, -0.05) is 30.3 Å². The molecule has 0 atom stereocenters. The Morgan fingerprint density at radius 3 is 2.44 bits per heavy atom. The first-order valence-corrected chi connectivity index (χ1v) is 11.4. The first-order valence-electron chi connectivity index (χ1n) is 10.5. The summed E-state index contributed by atoms with van der Waals surface area (Å²) >= 11 is 1.54. The van der Waals surface area contributed by atoms with Gasteiger partial charge in [0.15, 0.2) is 0 Å². The maximum Gasteiger partial charge on any atom is 0.232 e. The predicted molar refractivity (Wildman–Crippen MR) is 127 cm³/mol. The van der Waals surface area contributed by atoms with E-state index in [0.717, 1.165) is 28.2 Å². The van der Waals surface area contributed by atoms with Crippen molar-refractivity contribution < 1.29 is 14.0 Å². The molecule has 0 aliphatic carbocycles. The molecule has 0 saturated heterocycles. The van der Waals surface area contributed by atoms with Crippen molar-refractivity contribution in [1.82, 2.24) is 10.2 Å².